The van der Waals surface area contributed by atoms with Crippen molar-refractivity contribution in [3.05, 3.63) is 107 Å². The van der Waals surface area contributed by atoms with E-state index in [1.807, 2.05) is 69.4 Å². The van der Waals surface area contributed by atoms with E-state index in [1.54, 1.807) is 72.8 Å². The Morgan fingerprint density at radius 2 is 1.26 bits per heavy atom. The highest BCUT2D eigenvalue weighted by atomic mass is 16.5. The molecule has 0 fully saturated rings. The molecule has 8 rings (SSSR count). The number of hydrogen-bond donors (Lipinski definition) is 3. The Labute approximate surface area is 425 Å². The smallest absolute Gasteiger partial charge is 0.260 e. The summed E-state index contributed by atoms with van der Waals surface area (Å²) in [5.74, 6) is -0.841. The first kappa shape index (κ1) is 51.4. The fraction of sp³-hybridized carbons (Fsp3) is 0.375. The summed E-state index contributed by atoms with van der Waals surface area (Å²) in [5, 5.41) is 5.70. The monoisotopic (exact) mass is 993 g/mol. The Morgan fingerprint density at radius 1 is 0.699 bits per heavy atom. The lowest BCUT2D eigenvalue weighted by Gasteiger charge is -2.28. The van der Waals surface area contributed by atoms with Crippen LogP contribution < -0.4 is 40.1 Å². The van der Waals surface area contributed by atoms with E-state index in [0.717, 1.165) is 40.9 Å². The van der Waals surface area contributed by atoms with Gasteiger partial charge in [-0.25, -0.2) is 0 Å². The number of nitrogens with two attached hydrogens (primary N) is 1. The van der Waals surface area contributed by atoms with Gasteiger partial charge in [0.1, 0.15) is 11.8 Å². The Bertz CT molecular complexity index is 2890. The average molecular weight is 994 g/mol. The van der Waals surface area contributed by atoms with Crippen molar-refractivity contribution in [3.63, 3.8) is 0 Å². The molecule has 4 aromatic rings. The van der Waals surface area contributed by atoms with Crippen LogP contribution in [-0.2, 0) is 14.4 Å². The highest BCUT2D eigenvalue weighted by Crippen LogP contribution is 2.42. The Morgan fingerprint density at radius 3 is 1.77 bits per heavy atom. The topological polar surface area (TPSA) is 213 Å². The number of anilines is 1. The predicted octanol–water partition coefficient (Wildman–Crippen LogP) is 8.51. The number of hydrogen-bond acceptors (Lipinski definition) is 12. The SMILES string of the molecule is CCCCC(C(N)=O)[C@@H](C(=O)N[C@@H](C)C(=O)Nc1cccc(C2=CN3C(=O)c4cc(OC)c(OCCCOc5cc6c(cc5OC)C(=O)N5C=C(c7ccc(OC)cc7)C[C@H]5C=N6)cc4N=C[C@@H]3C2)c1)C(C)C. The van der Waals surface area contributed by atoms with Crippen molar-refractivity contribution in [1.29, 1.82) is 0 Å². The Kier molecular flexibility index (Phi) is 15.9. The minimum atomic E-state index is -0.892. The van der Waals surface area contributed by atoms with E-state index >= 15 is 0 Å². The van der Waals surface area contributed by atoms with Gasteiger partial charge >= 0.3 is 0 Å². The van der Waals surface area contributed by atoms with E-state index in [4.69, 9.17) is 39.4 Å². The number of fused-ring (bicyclic) bond motifs is 4. The van der Waals surface area contributed by atoms with Crippen LogP contribution in [-0.4, -0.2) is 104 Å². The van der Waals surface area contributed by atoms with Crippen molar-refractivity contribution >= 4 is 70.2 Å². The van der Waals surface area contributed by atoms with Crippen molar-refractivity contribution in [2.45, 2.75) is 84.3 Å². The van der Waals surface area contributed by atoms with E-state index in [1.165, 1.54) is 14.2 Å². The number of unbranched alkanes of at least 4 members (excludes halogenated alkanes) is 1. The van der Waals surface area contributed by atoms with Crippen molar-refractivity contribution in [2.24, 2.45) is 33.5 Å². The second kappa shape index (κ2) is 22.6. The molecular formula is C56H63N7O10. The molecule has 0 saturated heterocycles. The van der Waals surface area contributed by atoms with Gasteiger partial charge in [0, 0.05) is 67.8 Å². The minimum Gasteiger partial charge on any atom is -0.497 e. The molecule has 17 nitrogen and oxygen atoms in total. The van der Waals surface area contributed by atoms with E-state index in [9.17, 15) is 24.0 Å². The summed E-state index contributed by atoms with van der Waals surface area (Å²) in [6.45, 7) is 7.86. The molecule has 0 saturated carbocycles. The standard InChI is InChI=1S/C56H63N7O10/c1-8-9-14-42(52(57)64)51(32(2)3)54(66)60-33(4)53(65)61-38-13-10-12-35(21-38)37-23-40-29-59-46-27-50(48(71-7)25-44(46)56(68)63(40)31-37)73-20-11-19-72-49-26-45-43(24-47(49)70-6)55(67)62-30-36(22-39(62)28-58-45)34-15-17-41(69-5)18-16-34/h10,12-13,15-18,21,24-33,39-40,42,51H,8-9,11,14,19-20,22-23H2,1-7H3,(H2,57,64)(H,60,66)(H,61,65)/t33-,39-,40-,42?,51-/m0/s1. The average Bonchev–Trinajstić information content (AvgIpc) is 3.97. The molecule has 0 aromatic heterocycles. The molecule has 73 heavy (non-hydrogen) atoms. The van der Waals surface area contributed by atoms with Gasteiger partial charge in [0.05, 0.1) is 75.0 Å². The minimum absolute atomic E-state index is 0.164. The number of nitrogens with zero attached hydrogens (tertiary/aromatic N) is 4. The second-order valence-corrected chi connectivity index (χ2v) is 18.9. The van der Waals surface area contributed by atoms with Crippen molar-refractivity contribution in [1.82, 2.24) is 15.1 Å². The molecular weight excluding hydrogens is 931 g/mol. The maximum Gasteiger partial charge on any atom is 0.260 e. The molecule has 1 unspecified atom stereocenters. The molecule has 4 aromatic carbocycles. The van der Waals surface area contributed by atoms with Gasteiger partial charge in [-0.15, -0.1) is 0 Å². The molecule has 0 spiro atoms. The number of carbonyl (C=O) groups excluding carboxylic acids is 5. The zero-order chi connectivity index (χ0) is 51.9. The van der Waals surface area contributed by atoms with E-state index in [0.29, 0.717) is 76.9 Å². The number of amides is 5. The predicted molar refractivity (Wildman–Crippen MR) is 279 cm³/mol. The van der Waals surface area contributed by atoms with Crippen LogP contribution in [0.1, 0.15) is 98.1 Å². The number of nitrogens with one attached hydrogen (secondary N) is 2. The van der Waals surface area contributed by atoms with E-state index in [2.05, 4.69) is 10.6 Å². The number of aliphatic imine (C=N–C) groups is 2. The highest BCUT2D eigenvalue weighted by Gasteiger charge is 2.37. The summed E-state index contributed by atoms with van der Waals surface area (Å²) in [5.41, 5.74) is 11.6. The molecule has 4 aliphatic rings. The number of carbonyl (C=O) groups is 5. The van der Waals surface area contributed by atoms with Gasteiger partial charge in [-0.3, -0.25) is 34.0 Å². The quantitative estimate of drug-likeness (QED) is 0.0677. The van der Waals surface area contributed by atoms with Crippen molar-refractivity contribution in [2.75, 3.05) is 39.9 Å². The fourth-order valence-corrected chi connectivity index (χ4v) is 9.67. The largest absolute Gasteiger partial charge is 0.497 e. The van der Waals surface area contributed by atoms with Crippen molar-refractivity contribution < 1.29 is 47.7 Å². The van der Waals surface area contributed by atoms with Gasteiger partial charge in [0.2, 0.25) is 17.7 Å². The van der Waals surface area contributed by atoms with Gasteiger partial charge in [0.25, 0.3) is 11.8 Å². The van der Waals surface area contributed by atoms with Gasteiger partial charge in [0.15, 0.2) is 23.0 Å². The summed E-state index contributed by atoms with van der Waals surface area (Å²) in [6, 6.07) is 20.3. The highest BCUT2D eigenvalue weighted by molar-refractivity contribution is 6.07. The van der Waals surface area contributed by atoms with Crippen molar-refractivity contribution in [3.8, 4) is 28.7 Å². The lowest BCUT2D eigenvalue weighted by Crippen LogP contribution is -2.48. The number of benzene rings is 4. The zero-order valence-electron chi connectivity index (χ0n) is 42.3. The van der Waals surface area contributed by atoms with Crippen LogP contribution in [0.25, 0.3) is 11.1 Å². The normalized spacial score (nSPS) is 17.7. The summed E-state index contributed by atoms with van der Waals surface area (Å²) < 4.78 is 29.0. The maximum atomic E-state index is 14.1. The van der Waals surface area contributed by atoms with Crippen LogP contribution >= 0.6 is 0 Å². The van der Waals surface area contributed by atoms with Crippen LogP contribution in [0.5, 0.6) is 28.7 Å². The first-order chi connectivity index (χ1) is 35.2. The summed E-state index contributed by atoms with van der Waals surface area (Å²) in [6.07, 6.45) is 10.9. The molecule has 4 heterocycles. The van der Waals surface area contributed by atoms with Gasteiger partial charge in [-0.2, -0.15) is 0 Å². The third-order valence-corrected chi connectivity index (χ3v) is 13.6. The molecule has 17 heteroatoms. The maximum absolute atomic E-state index is 14.1. The van der Waals surface area contributed by atoms with Gasteiger partial charge < -0.3 is 49.9 Å². The fourth-order valence-electron chi connectivity index (χ4n) is 9.67. The Hall–Kier alpha value is -7.95. The van der Waals surface area contributed by atoms with Crippen LogP contribution in [0.2, 0.25) is 0 Å². The van der Waals surface area contributed by atoms with Crippen LogP contribution in [0.4, 0.5) is 17.1 Å². The number of rotatable bonds is 21. The summed E-state index contributed by atoms with van der Waals surface area (Å²) >= 11 is 0. The molecule has 382 valence electrons. The second-order valence-electron chi connectivity index (χ2n) is 18.9. The number of primary amides is 1. The third kappa shape index (κ3) is 11.3. The van der Waals surface area contributed by atoms with Crippen LogP contribution in [0, 0.1) is 17.8 Å². The lowest BCUT2D eigenvalue weighted by molar-refractivity contribution is -0.136. The third-order valence-electron chi connectivity index (χ3n) is 13.6. The lowest BCUT2D eigenvalue weighted by atomic mass is 9.79. The Balaban J connectivity index is 0.865. The van der Waals surface area contributed by atoms with Gasteiger partial charge in [-0.05, 0) is 77.9 Å². The molecule has 0 radical (unpaired) electrons. The van der Waals surface area contributed by atoms with Crippen LogP contribution in [0.15, 0.2) is 95.2 Å². The van der Waals surface area contributed by atoms with E-state index in [-0.39, 0.29) is 48.9 Å². The summed E-state index contributed by atoms with van der Waals surface area (Å²) in [7, 11) is 4.66. The number of ether oxygens (including phenoxy) is 5. The first-order valence-corrected chi connectivity index (χ1v) is 24.7. The van der Waals surface area contributed by atoms with E-state index < -0.39 is 29.7 Å². The molecule has 5 amide bonds. The zero-order valence-corrected chi connectivity index (χ0v) is 42.3. The molecule has 4 aliphatic heterocycles. The molecule has 5 atom stereocenters. The first-order valence-electron chi connectivity index (χ1n) is 24.7. The van der Waals surface area contributed by atoms with Gasteiger partial charge in [-0.1, -0.05) is 57.9 Å². The molecule has 0 bridgehead atoms. The van der Waals surface area contributed by atoms with Crippen LogP contribution in [0.3, 0.4) is 0 Å². The number of methoxy groups -OCH3 is 3. The molecule has 0 aliphatic carbocycles. The summed E-state index contributed by atoms with van der Waals surface area (Å²) in [4.78, 5) is 79.9. The molecule has 4 N–H and O–H groups in total.